The van der Waals surface area contributed by atoms with E-state index in [2.05, 4.69) is 4.74 Å². The van der Waals surface area contributed by atoms with Crippen LogP contribution in [0.4, 0.5) is 13.2 Å². The van der Waals surface area contributed by atoms with Crippen LogP contribution in [-0.2, 0) is 11.0 Å². The fraction of sp³-hybridized carbons (Fsp3) is 0.222. The van der Waals surface area contributed by atoms with Crippen molar-refractivity contribution in [3.8, 4) is 11.5 Å². The smallest absolute Gasteiger partial charge is 0.419 e. The zero-order chi connectivity index (χ0) is 11.6. The Morgan fingerprint density at radius 1 is 1.40 bits per heavy atom. The number of halogens is 3. The zero-order valence-electron chi connectivity index (χ0n) is 7.63. The van der Waals surface area contributed by atoms with Gasteiger partial charge in [0.1, 0.15) is 11.5 Å². The van der Waals surface area contributed by atoms with Crippen molar-refractivity contribution in [2.75, 3.05) is 0 Å². The number of alkyl halides is 3. The van der Waals surface area contributed by atoms with E-state index >= 15 is 0 Å². The minimum absolute atomic E-state index is 0.403. The van der Waals surface area contributed by atoms with Crippen LogP contribution in [0.1, 0.15) is 12.5 Å². The highest BCUT2D eigenvalue weighted by Gasteiger charge is 2.34. The summed E-state index contributed by atoms with van der Waals surface area (Å²) in [7, 11) is 0. The van der Waals surface area contributed by atoms with E-state index in [1.807, 2.05) is 0 Å². The molecule has 6 heteroatoms. The maximum atomic E-state index is 12.4. The Hall–Kier alpha value is -1.72. The van der Waals surface area contributed by atoms with Gasteiger partial charge in [-0.3, -0.25) is 4.79 Å². The number of hydrogen-bond acceptors (Lipinski definition) is 3. The van der Waals surface area contributed by atoms with Gasteiger partial charge in [-0.05, 0) is 12.1 Å². The third-order valence-corrected chi connectivity index (χ3v) is 1.52. The number of hydrogen-bond donors (Lipinski definition) is 1. The Kier molecular flexibility index (Phi) is 2.88. The van der Waals surface area contributed by atoms with Crippen molar-refractivity contribution < 1.29 is 27.8 Å². The summed E-state index contributed by atoms with van der Waals surface area (Å²) >= 11 is 0. The fourth-order valence-electron chi connectivity index (χ4n) is 0.984. The van der Waals surface area contributed by atoms with Gasteiger partial charge in [-0.15, -0.1) is 0 Å². The molecule has 0 amide bonds. The van der Waals surface area contributed by atoms with Gasteiger partial charge in [-0.2, -0.15) is 13.2 Å². The maximum absolute atomic E-state index is 12.4. The molecule has 3 nitrogen and oxygen atoms in total. The van der Waals surface area contributed by atoms with E-state index in [1.165, 1.54) is 0 Å². The average molecular weight is 220 g/mol. The molecule has 0 radical (unpaired) electrons. The predicted octanol–water partition coefficient (Wildman–Crippen LogP) is 2.34. The Bertz CT molecular complexity index is 385. The molecule has 0 saturated carbocycles. The van der Waals surface area contributed by atoms with Gasteiger partial charge in [0.25, 0.3) is 0 Å². The molecular formula is C9H7F3O3. The van der Waals surface area contributed by atoms with E-state index in [0.29, 0.717) is 6.07 Å². The number of esters is 1. The van der Waals surface area contributed by atoms with E-state index in [1.54, 1.807) is 0 Å². The predicted molar refractivity (Wildman–Crippen MR) is 44.4 cm³/mol. The lowest BCUT2D eigenvalue weighted by Crippen LogP contribution is -2.10. The van der Waals surface area contributed by atoms with Gasteiger partial charge in [0.2, 0.25) is 0 Å². The summed E-state index contributed by atoms with van der Waals surface area (Å²) in [5.74, 6) is -1.99. The fourth-order valence-corrected chi connectivity index (χ4v) is 0.984. The summed E-state index contributed by atoms with van der Waals surface area (Å²) in [5.41, 5.74) is -1.10. The monoisotopic (exact) mass is 220 g/mol. The molecule has 0 aliphatic rings. The first kappa shape index (κ1) is 11.4. The van der Waals surface area contributed by atoms with Crippen molar-refractivity contribution in [3.05, 3.63) is 23.8 Å². The van der Waals surface area contributed by atoms with Crippen LogP contribution in [0.15, 0.2) is 18.2 Å². The molecule has 1 N–H and O–H groups in total. The quantitative estimate of drug-likeness (QED) is 0.583. The molecule has 0 spiro atoms. The van der Waals surface area contributed by atoms with Crippen LogP contribution in [0.2, 0.25) is 0 Å². The van der Waals surface area contributed by atoms with Crippen molar-refractivity contribution in [3.63, 3.8) is 0 Å². The molecule has 0 atom stereocenters. The Morgan fingerprint density at radius 3 is 2.47 bits per heavy atom. The normalized spacial score (nSPS) is 11.2. The molecule has 0 heterocycles. The molecule has 0 bridgehead atoms. The van der Waals surface area contributed by atoms with Gasteiger partial charge in [-0.1, -0.05) is 0 Å². The summed E-state index contributed by atoms with van der Waals surface area (Å²) in [6, 6.07) is 2.26. The zero-order valence-corrected chi connectivity index (χ0v) is 7.63. The molecule has 0 aromatic heterocycles. The van der Waals surface area contributed by atoms with E-state index in [4.69, 9.17) is 5.11 Å². The summed E-state index contributed by atoms with van der Waals surface area (Å²) in [5, 5.41) is 8.96. The van der Waals surface area contributed by atoms with Crippen LogP contribution in [0.3, 0.4) is 0 Å². The first-order valence-electron chi connectivity index (χ1n) is 3.89. The van der Waals surface area contributed by atoms with Crippen LogP contribution in [0.5, 0.6) is 11.5 Å². The van der Waals surface area contributed by atoms with Crippen molar-refractivity contribution in [1.29, 1.82) is 0 Å². The molecule has 1 rings (SSSR count). The van der Waals surface area contributed by atoms with Crippen molar-refractivity contribution in [2.24, 2.45) is 0 Å². The molecule has 1 aromatic rings. The highest BCUT2D eigenvalue weighted by atomic mass is 19.4. The topological polar surface area (TPSA) is 46.5 Å². The maximum Gasteiger partial charge on any atom is 0.419 e. The van der Waals surface area contributed by atoms with E-state index in [9.17, 15) is 18.0 Å². The van der Waals surface area contributed by atoms with E-state index < -0.39 is 29.2 Å². The second kappa shape index (κ2) is 3.80. The molecule has 0 saturated heterocycles. The third kappa shape index (κ3) is 2.87. The molecule has 0 fully saturated rings. The van der Waals surface area contributed by atoms with Gasteiger partial charge in [-0.25, -0.2) is 0 Å². The van der Waals surface area contributed by atoms with Crippen LogP contribution in [-0.4, -0.2) is 11.1 Å². The van der Waals surface area contributed by atoms with Gasteiger partial charge in [0.05, 0.1) is 5.56 Å². The number of aromatic hydroxyl groups is 1. The Morgan fingerprint density at radius 2 is 2.00 bits per heavy atom. The van der Waals surface area contributed by atoms with Crippen LogP contribution < -0.4 is 4.74 Å². The van der Waals surface area contributed by atoms with Crippen molar-refractivity contribution in [1.82, 2.24) is 0 Å². The summed E-state index contributed by atoms with van der Waals surface area (Å²) < 4.78 is 41.4. The number of benzene rings is 1. The van der Waals surface area contributed by atoms with Crippen LogP contribution >= 0.6 is 0 Å². The summed E-state index contributed by atoms with van der Waals surface area (Å²) in [6.45, 7) is 0.976. The third-order valence-electron chi connectivity index (χ3n) is 1.52. The summed E-state index contributed by atoms with van der Waals surface area (Å²) in [6.07, 6.45) is -4.63. The first-order chi connectivity index (χ1) is 6.80. The van der Waals surface area contributed by atoms with Gasteiger partial charge in [0.15, 0.2) is 0 Å². The molecular weight excluding hydrogens is 213 g/mol. The largest absolute Gasteiger partial charge is 0.508 e. The Balaban J connectivity index is 3.20. The standard InChI is InChI=1S/C9H7F3O3/c1-5(13)15-8-4-6(14)2-3-7(8)9(10,11)12/h2-4,14H,1H3. The van der Waals surface area contributed by atoms with Crippen molar-refractivity contribution >= 4 is 5.97 Å². The second-order valence-corrected chi connectivity index (χ2v) is 2.77. The van der Waals surface area contributed by atoms with Gasteiger partial charge in [0, 0.05) is 13.0 Å². The highest BCUT2D eigenvalue weighted by Crippen LogP contribution is 2.37. The Labute approximate surface area is 83.1 Å². The average Bonchev–Trinajstić information content (AvgIpc) is 1.99. The van der Waals surface area contributed by atoms with Crippen LogP contribution in [0.25, 0.3) is 0 Å². The lowest BCUT2D eigenvalue weighted by Gasteiger charge is -2.11. The number of rotatable bonds is 1. The number of phenols is 1. The molecule has 1 aromatic carbocycles. The number of ether oxygens (including phenoxy) is 1. The molecule has 0 unspecified atom stereocenters. The molecule has 0 aliphatic carbocycles. The number of carbonyl (C=O) groups is 1. The highest BCUT2D eigenvalue weighted by molar-refractivity contribution is 5.70. The molecule has 0 aliphatic heterocycles. The van der Waals surface area contributed by atoms with Gasteiger partial charge >= 0.3 is 12.1 Å². The molecule has 82 valence electrons. The minimum atomic E-state index is -4.63. The lowest BCUT2D eigenvalue weighted by molar-refractivity contribution is -0.141. The lowest BCUT2D eigenvalue weighted by atomic mass is 10.2. The van der Waals surface area contributed by atoms with E-state index in [0.717, 1.165) is 19.1 Å². The number of carbonyl (C=O) groups excluding carboxylic acids is 1. The SMILES string of the molecule is CC(=O)Oc1cc(O)ccc1C(F)(F)F. The second-order valence-electron chi connectivity index (χ2n) is 2.77. The van der Waals surface area contributed by atoms with Crippen molar-refractivity contribution in [2.45, 2.75) is 13.1 Å². The first-order valence-corrected chi connectivity index (χ1v) is 3.89. The molecule has 15 heavy (non-hydrogen) atoms. The van der Waals surface area contributed by atoms with Crippen LogP contribution in [0, 0.1) is 0 Å². The minimum Gasteiger partial charge on any atom is -0.508 e. The summed E-state index contributed by atoms with van der Waals surface area (Å²) in [4.78, 5) is 10.5. The van der Waals surface area contributed by atoms with E-state index in [-0.39, 0.29) is 0 Å². The van der Waals surface area contributed by atoms with Gasteiger partial charge < -0.3 is 9.84 Å². The number of phenolic OH excluding ortho intramolecular Hbond substituents is 1.